The average Bonchev–Trinajstić information content (AvgIpc) is 3.36. The van der Waals surface area contributed by atoms with E-state index in [0.717, 1.165) is 0 Å². The zero-order valence-corrected chi connectivity index (χ0v) is 19.4. The fourth-order valence-electron chi connectivity index (χ4n) is 7.96. The Hall–Kier alpha value is -2.74. The van der Waals surface area contributed by atoms with Gasteiger partial charge in [0.25, 0.3) is 0 Å². The Morgan fingerprint density at radius 1 is 1.26 bits per heavy atom. The molecule has 0 spiro atoms. The van der Waals surface area contributed by atoms with Crippen LogP contribution in [0.1, 0.15) is 50.6 Å². The van der Waals surface area contributed by atoms with E-state index in [0.29, 0.717) is 12.0 Å². The van der Waals surface area contributed by atoms with Gasteiger partial charge in [0.15, 0.2) is 5.78 Å². The summed E-state index contributed by atoms with van der Waals surface area (Å²) in [5.74, 6) is -4.15. The minimum absolute atomic E-state index is 0.0719. The van der Waals surface area contributed by atoms with E-state index in [1.165, 1.54) is 30.5 Å². The van der Waals surface area contributed by atoms with Crippen LogP contribution in [0.4, 0.5) is 4.39 Å². The van der Waals surface area contributed by atoms with E-state index in [2.05, 4.69) is 0 Å². The zero-order chi connectivity index (χ0) is 24.6. The number of carboxylic acid groups (broad SMARTS) is 1. The number of alkyl halides is 1. The summed E-state index contributed by atoms with van der Waals surface area (Å²) in [6.45, 7) is 5.32. The maximum Gasteiger partial charge on any atom is 0.375 e. The molecular weight excluding hydrogens is 443 g/mol. The molecule has 0 amide bonds. The summed E-state index contributed by atoms with van der Waals surface area (Å²) in [5, 5.41) is 21.9. The molecule has 34 heavy (non-hydrogen) atoms. The molecule has 0 radical (unpaired) electrons. The molecule has 0 aliphatic heterocycles. The Kier molecular flexibility index (Phi) is 5.00. The molecule has 0 bridgehead atoms. The molecule has 182 valence electrons. The molecule has 0 saturated heterocycles. The van der Waals surface area contributed by atoms with Crippen LogP contribution >= 0.6 is 0 Å². The third-order valence-corrected chi connectivity index (χ3v) is 9.31. The van der Waals surface area contributed by atoms with Gasteiger partial charge in [-0.2, -0.15) is 0 Å². The minimum atomic E-state index is -1.91. The number of rotatable bonds is 3. The van der Waals surface area contributed by atoms with Gasteiger partial charge in [0.2, 0.25) is 11.4 Å². The Morgan fingerprint density at radius 2 is 2.00 bits per heavy atom. The van der Waals surface area contributed by atoms with E-state index in [1.54, 1.807) is 19.9 Å². The van der Waals surface area contributed by atoms with Gasteiger partial charge in [-0.1, -0.05) is 26.8 Å². The highest BCUT2D eigenvalue weighted by Gasteiger charge is 2.74. The topological polar surface area (TPSA) is 114 Å². The van der Waals surface area contributed by atoms with E-state index in [4.69, 9.17) is 9.15 Å². The molecule has 2 N–H and O–H groups in total. The van der Waals surface area contributed by atoms with Gasteiger partial charge >= 0.3 is 11.9 Å². The highest BCUT2D eigenvalue weighted by molar-refractivity contribution is 6.01. The van der Waals surface area contributed by atoms with Gasteiger partial charge in [-0.25, -0.2) is 14.0 Å². The first-order valence-electron chi connectivity index (χ1n) is 11.7. The summed E-state index contributed by atoms with van der Waals surface area (Å²) in [6.07, 6.45) is 3.97. The Labute approximate surface area is 196 Å². The number of ketones is 1. The number of carboxylic acids is 1. The number of esters is 1. The van der Waals surface area contributed by atoms with Crippen molar-refractivity contribution in [3.05, 3.63) is 48.0 Å². The summed E-state index contributed by atoms with van der Waals surface area (Å²) in [6, 6.07) is 2.92. The van der Waals surface area contributed by atoms with Crippen LogP contribution in [0.15, 0.2) is 46.6 Å². The van der Waals surface area contributed by atoms with E-state index >= 15 is 4.39 Å². The van der Waals surface area contributed by atoms with Gasteiger partial charge in [0, 0.05) is 22.7 Å². The summed E-state index contributed by atoms with van der Waals surface area (Å²) >= 11 is 0. The lowest BCUT2D eigenvalue weighted by atomic mass is 9.46. The molecule has 1 heterocycles. The van der Waals surface area contributed by atoms with Gasteiger partial charge in [-0.15, -0.1) is 0 Å². The summed E-state index contributed by atoms with van der Waals surface area (Å²) in [4.78, 5) is 37.7. The quantitative estimate of drug-likeness (QED) is 0.644. The number of carbonyl (C=O) groups excluding carboxylic acids is 2. The van der Waals surface area contributed by atoms with Crippen LogP contribution in [0.25, 0.3) is 0 Å². The van der Waals surface area contributed by atoms with E-state index in [1.807, 2.05) is 6.92 Å². The second-order valence-electron chi connectivity index (χ2n) is 10.9. The van der Waals surface area contributed by atoms with Crippen molar-refractivity contribution in [3.8, 4) is 0 Å². The van der Waals surface area contributed by atoms with Crippen molar-refractivity contribution >= 4 is 17.7 Å². The van der Waals surface area contributed by atoms with Crippen LogP contribution in [-0.4, -0.2) is 45.8 Å². The van der Waals surface area contributed by atoms with Crippen LogP contribution in [0, 0.1) is 34.5 Å². The van der Waals surface area contributed by atoms with Gasteiger partial charge in [0.1, 0.15) is 6.17 Å². The van der Waals surface area contributed by atoms with Crippen molar-refractivity contribution in [1.82, 2.24) is 0 Å². The number of hydrogen-bond donors (Lipinski definition) is 2. The number of allylic oxidation sites excluding steroid dienone is 4. The van der Waals surface area contributed by atoms with Gasteiger partial charge in [-0.05, 0) is 61.0 Å². The fraction of sp³-hybridized carbons (Fsp3) is 0.577. The number of aliphatic hydroxyl groups excluding tert-OH is 1. The molecule has 3 saturated carbocycles. The van der Waals surface area contributed by atoms with Crippen LogP contribution in [0.2, 0.25) is 0 Å². The molecule has 7 nitrogen and oxygen atoms in total. The number of ether oxygens (including phenoxy) is 1. The Morgan fingerprint density at radius 3 is 2.65 bits per heavy atom. The SMILES string of the molecule is C[C@@H]1CC2C3C[C@H](F)C4=CC(=O)C=CC4(C)C3C(O)CC2(C)C1(OC(=O)c1ccco1)C(=O)O. The lowest BCUT2D eigenvalue weighted by Gasteiger charge is -2.60. The first-order chi connectivity index (χ1) is 16.0. The number of aliphatic carboxylic acids is 1. The molecule has 9 atom stereocenters. The molecular formula is C26H29FO7. The van der Waals surface area contributed by atoms with E-state index in [9.17, 15) is 24.6 Å². The van der Waals surface area contributed by atoms with Crippen molar-refractivity contribution in [3.63, 3.8) is 0 Å². The summed E-state index contributed by atoms with van der Waals surface area (Å²) in [7, 11) is 0. The van der Waals surface area contributed by atoms with Crippen LogP contribution in [-0.2, 0) is 14.3 Å². The number of halogens is 1. The predicted molar refractivity (Wildman–Crippen MR) is 117 cm³/mol. The molecule has 5 rings (SSSR count). The Balaban J connectivity index is 1.58. The van der Waals surface area contributed by atoms with Crippen LogP contribution in [0.3, 0.4) is 0 Å². The highest BCUT2D eigenvalue weighted by Crippen LogP contribution is 2.69. The third kappa shape index (κ3) is 2.81. The first kappa shape index (κ1) is 23.0. The molecule has 8 heteroatoms. The molecule has 4 aliphatic rings. The van der Waals surface area contributed by atoms with E-state index in [-0.39, 0.29) is 42.1 Å². The van der Waals surface area contributed by atoms with Crippen LogP contribution in [0.5, 0.6) is 0 Å². The number of carbonyl (C=O) groups is 3. The first-order valence-corrected chi connectivity index (χ1v) is 11.7. The molecule has 3 fully saturated rings. The number of fused-ring (bicyclic) bond motifs is 5. The number of hydrogen-bond acceptors (Lipinski definition) is 6. The normalized spacial score (nSPS) is 45.1. The van der Waals surface area contributed by atoms with Crippen molar-refractivity contribution in [2.75, 3.05) is 0 Å². The summed E-state index contributed by atoms with van der Waals surface area (Å²) in [5.41, 5.74) is -3.51. The zero-order valence-electron chi connectivity index (χ0n) is 19.4. The average molecular weight is 473 g/mol. The number of aliphatic hydroxyl groups is 1. The van der Waals surface area contributed by atoms with Crippen LogP contribution < -0.4 is 0 Å². The minimum Gasteiger partial charge on any atom is -0.478 e. The fourth-order valence-corrected chi connectivity index (χ4v) is 7.96. The van der Waals surface area contributed by atoms with E-state index < -0.39 is 46.6 Å². The maximum atomic E-state index is 15.5. The molecule has 1 aromatic rings. The third-order valence-electron chi connectivity index (χ3n) is 9.31. The number of furan rings is 1. The molecule has 0 aromatic carbocycles. The monoisotopic (exact) mass is 472 g/mol. The lowest BCUT2D eigenvalue weighted by Crippen LogP contribution is -2.64. The van der Waals surface area contributed by atoms with Crippen molar-refractivity contribution in [2.24, 2.45) is 34.5 Å². The summed E-state index contributed by atoms with van der Waals surface area (Å²) < 4.78 is 26.4. The largest absolute Gasteiger partial charge is 0.478 e. The predicted octanol–water partition coefficient (Wildman–Crippen LogP) is 3.73. The smallest absolute Gasteiger partial charge is 0.375 e. The Bertz CT molecular complexity index is 1110. The van der Waals surface area contributed by atoms with Gasteiger partial charge in [-0.3, -0.25) is 4.79 Å². The molecule has 1 aromatic heterocycles. The molecule has 4 aliphatic carbocycles. The van der Waals surface area contributed by atoms with Crippen molar-refractivity contribution in [1.29, 1.82) is 0 Å². The highest BCUT2D eigenvalue weighted by atomic mass is 19.1. The second kappa shape index (κ2) is 7.38. The van der Waals surface area contributed by atoms with Crippen molar-refractivity contribution in [2.45, 2.75) is 57.9 Å². The second-order valence-corrected chi connectivity index (χ2v) is 10.9. The lowest BCUT2D eigenvalue weighted by molar-refractivity contribution is -0.199. The van der Waals surface area contributed by atoms with Gasteiger partial charge in [0.05, 0.1) is 12.4 Å². The van der Waals surface area contributed by atoms with Crippen molar-refractivity contribution < 1.29 is 38.1 Å². The standard InChI is InChI=1S/C26H29FO7/c1-13-9-16-15-11-18(27)17-10-14(28)6-7-24(17,2)21(15)19(29)12-25(16,3)26(13,23(31)32)34-22(30)20-5-4-8-33-20/h4-8,10,13,15-16,18-19,21,29H,9,11-12H2,1-3H3,(H,31,32)/t13-,15?,16?,18+,19?,21?,24?,25?,26?/m1/s1. The maximum absolute atomic E-state index is 15.5. The molecule has 7 unspecified atom stereocenters. The van der Waals surface area contributed by atoms with Gasteiger partial charge < -0.3 is 19.4 Å².